The molecule has 0 aliphatic heterocycles. The number of hydrogen-bond donors (Lipinski definition) is 0. The molecule has 2 aromatic carbocycles. The van der Waals surface area contributed by atoms with Crippen LogP contribution in [-0.2, 0) is 28.5 Å². The van der Waals surface area contributed by atoms with Crippen LogP contribution in [-0.4, -0.2) is 62.5 Å². The van der Waals surface area contributed by atoms with Crippen LogP contribution in [0.1, 0.15) is 79.5 Å². The van der Waals surface area contributed by atoms with Gasteiger partial charge in [-0.15, -0.1) is 0 Å². The molecule has 0 radical (unpaired) electrons. The largest absolute Gasteiger partial charge is 0.497 e. The predicted molar refractivity (Wildman–Crippen MR) is 164 cm³/mol. The summed E-state index contributed by atoms with van der Waals surface area (Å²) < 4.78 is 33.2. The SMILES string of the molecule is COc1ccc(C(=O)O[C@@H]2CC=C(CC3=CC[C@@H](OC(=O)c4ccc(OC)cc4)C[C@H](OC(C)=O)C3)C[C@@H](OC(C)=O)C2)cc1. The van der Waals surface area contributed by atoms with Gasteiger partial charge in [0.2, 0.25) is 0 Å². The lowest BCUT2D eigenvalue weighted by atomic mass is 9.96. The molecule has 0 heterocycles. The normalized spacial score (nSPS) is 21.5. The lowest BCUT2D eigenvalue weighted by molar-refractivity contribution is -0.148. The Hall–Kier alpha value is -4.60. The van der Waals surface area contributed by atoms with Crippen LogP contribution in [0, 0.1) is 0 Å². The molecule has 4 atom stereocenters. The van der Waals surface area contributed by atoms with Gasteiger partial charge in [-0.2, -0.15) is 0 Å². The molecule has 2 aromatic rings. The molecule has 0 unspecified atom stereocenters. The Kier molecular flexibility index (Phi) is 11.8. The minimum Gasteiger partial charge on any atom is -0.497 e. The highest BCUT2D eigenvalue weighted by atomic mass is 16.6. The molecule has 0 aromatic heterocycles. The fourth-order valence-electron chi connectivity index (χ4n) is 5.61. The Bertz CT molecular complexity index is 1300. The topological polar surface area (TPSA) is 124 Å². The second kappa shape index (κ2) is 15.9. The zero-order chi connectivity index (χ0) is 32.3. The van der Waals surface area contributed by atoms with E-state index < -0.39 is 48.3 Å². The summed E-state index contributed by atoms with van der Waals surface area (Å²) in [6, 6.07) is 13.3. The third-order valence-corrected chi connectivity index (χ3v) is 7.69. The molecule has 0 spiro atoms. The summed E-state index contributed by atoms with van der Waals surface area (Å²) in [7, 11) is 3.10. The van der Waals surface area contributed by atoms with E-state index in [0.717, 1.165) is 11.1 Å². The minimum absolute atomic E-state index is 0.361. The van der Waals surface area contributed by atoms with Crippen LogP contribution in [0.4, 0.5) is 0 Å². The van der Waals surface area contributed by atoms with Gasteiger partial charge in [0.15, 0.2) is 0 Å². The first-order chi connectivity index (χ1) is 21.6. The van der Waals surface area contributed by atoms with Gasteiger partial charge < -0.3 is 28.4 Å². The van der Waals surface area contributed by atoms with Crippen molar-refractivity contribution in [2.24, 2.45) is 0 Å². The number of hydrogen-bond acceptors (Lipinski definition) is 10. The quantitative estimate of drug-likeness (QED) is 0.179. The fraction of sp³-hybridized carbons (Fsp3) is 0.429. The highest BCUT2D eigenvalue weighted by Gasteiger charge is 2.29. The van der Waals surface area contributed by atoms with Crippen molar-refractivity contribution in [3.05, 3.63) is 83.0 Å². The van der Waals surface area contributed by atoms with Crippen LogP contribution in [0.15, 0.2) is 71.8 Å². The number of rotatable bonds is 10. The molecule has 10 heteroatoms. The van der Waals surface area contributed by atoms with E-state index in [0.29, 0.717) is 67.6 Å². The summed E-state index contributed by atoms with van der Waals surface area (Å²) in [5.74, 6) is -0.486. The van der Waals surface area contributed by atoms with Crippen LogP contribution in [0.5, 0.6) is 11.5 Å². The Labute approximate surface area is 263 Å². The standard InChI is InChI=1S/C35H40O10/c1-22(36)42-32-18-24(5-11-30(20-32)44-34(38)26-7-13-28(40-3)14-8-26)17-25-6-12-31(21-33(19-25)43-23(2)37)45-35(39)27-9-15-29(41-4)16-10-27/h5-10,13-16,30-33H,11-12,17-21H2,1-4H3/t30-,31-,32-,33-/m1/s1. The first-order valence-corrected chi connectivity index (χ1v) is 15.0. The number of benzene rings is 2. The molecule has 0 N–H and O–H groups in total. The number of esters is 4. The van der Waals surface area contributed by atoms with Gasteiger partial charge in [-0.25, -0.2) is 9.59 Å². The lowest BCUT2D eigenvalue weighted by Crippen LogP contribution is -2.26. The van der Waals surface area contributed by atoms with Crippen molar-refractivity contribution >= 4 is 23.9 Å². The van der Waals surface area contributed by atoms with E-state index in [-0.39, 0.29) is 0 Å². The maximum Gasteiger partial charge on any atom is 0.338 e. The van der Waals surface area contributed by atoms with E-state index in [1.165, 1.54) is 13.8 Å². The average Bonchev–Trinajstić information content (AvgIpc) is 3.31. The van der Waals surface area contributed by atoms with Gasteiger partial charge in [0, 0.05) is 52.4 Å². The number of methoxy groups -OCH3 is 2. The third kappa shape index (κ3) is 10.2. The maximum atomic E-state index is 12.9. The monoisotopic (exact) mass is 620 g/mol. The number of carbonyl (C=O) groups is 4. The molecule has 2 aliphatic rings. The molecule has 0 saturated carbocycles. The zero-order valence-electron chi connectivity index (χ0n) is 26.1. The molecule has 0 bridgehead atoms. The van der Waals surface area contributed by atoms with Crippen molar-refractivity contribution in [1.82, 2.24) is 0 Å². The van der Waals surface area contributed by atoms with Crippen molar-refractivity contribution in [2.75, 3.05) is 14.2 Å². The van der Waals surface area contributed by atoms with Crippen LogP contribution >= 0.6 is 0 Å². The number of ether oxygens (including phenoxy) is 6. The van der Waals surface area contributed by atoms with Gasteiger partial charge in [-0.3, -0.25) is 9.59 Å². The van der Waals surface area contributed by atoms with Gasteiger partial charge >= 0.3 is 23.9 Å². The van der Waals surface area contributed by atoms with Gasteiger partial charge in [0.1, 0.15) is 35.9 Å². The first-order valence-electron chi connectivity index (χ1n) is 15.0. The second-order valence-electron chi connectivity index (χ2n) is 11.2. The molecule has 240 valence electrons. The summed E-state index contributed by atoms with van der Waals surface area (Å²) >= 11 is 0. The van der Waals surface area contributed by atoms with Gasteiger partial charge in [-0.05, 0) is 55.0 Å². The van der Waals surface area contributed by atoms with E-state index in [1.54, 1.807) is 62.8 Å². The summed E-state index contributed by atoms with van der Waals surface area (Å²) in [6.45, 7) is 2.72. The highest BCUT2D eigenvalue weighted by molar-refractivity contribution is 5.90. The smallest absolute Gasteiger partial charge is 0.338 e. The summed E-state index contributed by atoms with van der Waals surface area (Å²) in [5, 5.41) is 0. The van der Waals surface area contributed by atoms with Gasteiger partial charge in [0.25, 0.3) is 0 Å². The molecule has 2 aliphatic carbocycles. The first kappa shape index (κ1) is 33.3. The Balaban J connectivity index is 1.46. The zero-order valence-corrected chi connectivity index (χ0v) is 26.1. The van der Waals surface area contributed by atoms with E-state index in [2.05, 4.69) is 0 Å². The predicted octanol–water partition coefficient (Wildman–Crippen LogP) is 5.93. The van der Waals surface area contributed by atoms with E-state index in [4.69, 9.17) is 28.4 Å². The highest BCUT2D eigenvalue weighted by Crippen LogP contribution is 2.32. The molecular formula is C35H40O10. The van der Waals surface area contributed by atoms with E-state index in [1.807, 2.05) is 12.2 Å². The van der Waals surface area contributed by atoms with Crippen molar-refractivity contribution in [3.63, 3.8) is 0 Å². The molecule has 0 saturated heterocycles. The van der Waals surface area contributed by atoms with Crippen LogP contribution in [0.2, 0.25) is 0 Å². The molecule has 4 rings (SSSR count). The van der Waals surface area contributed by atoms with Crippen molar-refractivity contribution in [3.8, 4) is 11.5 Å². The van der Waals surface area contributed by atoms with Crippen molar-refractivity contribution < 1.29 is 47.6 Å². The fourth-order valence-corrected chi connectivity index (χ4v) is 5.61. The summed E-state index contributed by atoms with van der Waals surface area (Å²) in [6.07, 6.45) is 5.27. The van der Waals surface area contributed by atoms with Crippen molar-refractivity contribution in [2.45, 2.75) is 83.2 Å². The number of carbonyl (C=O) groups excluding carboxylic acids is 4. The van der Waals surface area contributed by atoms with E-state index >= 15 is 0 Å². The third-order valence-electron chi connectivity index (χ3n) is 7.69. The van der Waals surface area contributed by atoms with Gasteiger partial charge in [0.05, 0.1) is 25.3 Å². The van der Waals surface area contributed by atoms with Crippen LogP contribution in [0.3, 0.4) is 0 Å². The molecule has 0 fully saturated rings. The molecule has 10 nitrogen and oxygen atoms in total. The Morgan fingerprint density at radius 2 is 0.956 bits per heavy atom. The minimum atomic E-state index is -0.486. The second-order valence-corrected chi connectivity index (χ2v) is 11.2. The molecule has 45 heavy (non-hydrogen) atoms. The summed E-state index contributed by atoms with van der Waals surface area (Å²) in [4.78, 5) is 49.5. The summed E-state index contributed by atoms with van der Waals surface area (Å²) in [5.41, 5.74) is 2.84. The van der Waals surface area contributed by atoms with Crippen molar-refractivity contribution in [1.29, 1.82) is 0 Å². The van der Waals surface area contributed by atoms with Crippen LogP contribution in [0.25, 0.3) is 0 Å². The van der Waals surface area contributed by atoms with E-state index in [9.17, 15) is 19.2 Å². The van der Waals surface area contributed by atoms with Crippen LogP contribution < -0.4 is 9.47 Å². The van der Waals surface area contributed by atoms with Gasteiger partial charge in [-0.1, -0.05) is 23.3 Å². The lowest BCUT2D eigenvalue weighted by Gasteiger charge is -2.22. The average molecular weight is 621 g/mol. The Morgan fingerprint density at radius 3 is 1.29 bits per heavy atom. The maximum absolute atomic E-state index is 12.9. The molecule has 0 amide bonds. The molecular weight excluding hydrogens is 580 g/mol. The Morgan fingerprint density at radius 1 is 0.578 bits per heavy atom.